The summed E-state index contributed by atoms with van der Waals surface area (Å²) in [6.07, 6.45) is 2.69. The fourth-order valence-electron chi connectivity index (χ4n) is 2.00. The van der Waals surface area contributed by atoms with Gasteiger partial charge in [-0.25, -0.2) is 4.39 Å². The molecule has 94 valence electrons. The minimum Gasteiger partial charge on any atom is -0.489 e. The predicted molar refractivity (Wildman–Crippen MR) is 66.7 cm³/mol. The number of para-hydroxylation sites is 1. The molecule has 1 atom stereocenters. The van der Waals surface area contributed by atoms with E-state index < -0.39 is 0 Å². The van der Waals surface area contributed by atoms with Gasteiger partial charge in [-0.15, -0.1) is 0 Å². The highest BCUT2D eigenvalue weighted by molar-refractivity contribution is 5.23. The van der Waals surface area contributed by atoms with Crippen LogP contribution in [0.25, 0.3) is 0 Å². The molecule has 0 N–H and O–H groups in total. The Morgan fingerprint density at radius 3 is 2.76 bits per heavy atom. The summed E-state index contributed by atoms with van der Waals surface area (Å²) in [6.45, 7) is 3.63. The van der Waals surface area contributed by atoms with Gasteiger partial charge in [-0.1, -0.05) is 12.1 Å². The third-order valence-corrected chi connectivity index (χ3v) is 3.54. The molecule has 0 amide bonds. The lowest BCUT2D eigenvalue weighted by atomic mass is 10.2. The van der Waals surface area contributed by atoms with Crippen LogP contribution >= 0.6 is 0 Å². The topological polar surface area (TPSA) is 12.5 Å². The highest BCUT2D eigenvalue weighted by atomic mass is 19.1. The molecular formula is C14H20FNO. The molecule has 0 saturated heterocycles. The number of rotatable bonds is 6. The molecule has 0 aliphatic heterocycles. The third kappa shape index (κ3) is 3.43. The summed E-state index contributed by atoms with van der Waals surface area (Å²) in [5, 5.41) is 0. The highest BCUT2D eigenvalue weighted by Gasteiger charge is 2.30. The Bertz CT molecular complexity index is 365. The van der Waals surface area contributed by atoms with Crippen molar-refractivity contribution in [3.05, 3.63) is 30.1 Å². The summed E-state index contributed by atoms with van der Waals surface area (Å²) in [5.74, 6) is 0.916. The minimum absolute atomic E-state index is 0.287. The lowest BCUT2D eigenvalue weighted by molar-refractivity contribution is 0.183. The molecular weight excluding hydrogens is 217 g/mol. The molecule has 1 aliphatic carbocycles. The smallest absolute Gasteiger partial charge is 0.165 e. The molecule has 0 radical (unpaired) electrons. The van der Waals surface area contributed by atoms with E-state index in [-0.39, 0.29) is 5.82 Å². The average Bonchev–Trinajstić information content (AvgIpc) is 3.14. The maximum absolute atomic E-state index is 13.3. The minimum atomic E-state index is -0.287. The number of nitrogens with zero attached hydrogens (tertiary/aromatic N) is 1. The summed E-state index contributed by atoms with van der Waals surface area (Å²) >= 11 is 0. The molecule has 1 saturated carbocycles. The van der Waals surface area contributed by atoms with Crippen molar-refractivity contribution in [1.82, 2.24) is 4.90 Å². The van der Waals surface area contributed by atoms with Crippen molar-refractivity contribution in [2.45, 2.75) is 25.8 Å². The molecule has 1 aliphatic rings. The number of hydrogen-bond acceptors (Lipinski definition) is 2. The van der Waals surface area contributed by atoms with Crippen LogP contribution < -0.4 is 4.74 Å². The Kier molecular flexibility index (Phi) is 4.00. The maximum atomic E-state index is 13.3. The quantitative estimate of drug-likeness (QED) is 0.754. The summed E-state index contributed by atoms with van der Waals surface area (Å²) in [6, 6.07) is 7.16. The van der Waals surface area contributed by atoms with Gasteiger partial charge in [0, 0.05) is 12.6 Å². The molecule has 1 fully saturated rings. The van der Waals surface area contributed by atoms with Crippen LogP contribution in [0.15, 0.2) is 24.3 Å². The van der Waals surface area contributed by atoms with Gasteiger partial charge >= 0.3 is 0 Å². The van der Waals surface area contributed by atoms with E-state index in [0.29, 0.717) is 18.4 Å². The molecule has 17 heavy (non-hydrogen) atoms. The van der Waals surface area contributed by atoms with Crippen molar-refractivity contribution in [1.29, 1.82) is 0 Å². The van der Waals surface area contributed by atoms with Crippen LogP contribution in [-0.2, 0) is 0 Å². The lowest BCUT2D eigenvalue weighted by Gasteiger charge is -2.24. The van der Waals surface area contributed by atoms with Gasteiger partial charge in [0.15, 0.2) is 11.6 Å². The fraction of sp³-hybridized carbons (Fsp3) is 0.571. The Morgan fingerprint density at radius 2 is 2.12 bits per heavy atom. The number of halogens is 1. The first-order valence-electron chi connectivity index (χ1n) is 6.26. The second kappa shape index (κ2) is 5.50. The first-order chi connectivity index (χ1) is 8.18. The van der Waals surface area contributed by atoms with Gasteiger partial charge in [-0.05, 0) is 44.9 Å². The van der Waals surface area contributed by atoms with Crippen LogP contribution in [0.2, 0.25) is 0 Å². The van der Waals surface area contributed by atoms with Crippen molar-refractivity contribution in [3.63, 3.8) is 0 Å². The zero-order chi connectivity index (χ0) is 12.3. The average molecular weight is 237 g/mol. The van der Waals surface area contributed by atoms with Crippen LogP contribution in [0.4, 0.5) is 4.39 Å². The second-order valence-corrected chi connectivity index (χ2v) is 4.84. The number of ether oxygens (including phenoxy) is 1. The Balaban J connectivity index is 1.73. The largest absolute Gasteiger partial charge is 0.489 e. The Labute approximate surface area is 102 Å². The van der Waals surface area contributed by atoms with E-state index in [1.807, 2.05) is 0 Å². The van der Waals surface area contributed by atoms with E-state index in [1.54, 1.807) is 18.2 Å². The Morgan fingerprint density at radius 1 is 1.41 bits per heavy atom. The first kappa shape index (κ1) is 12.4. The van der Waals surface area contributed by atoms with Crippen LogP contribution in [0.1, 0.15) is 19.8 Å². The van der Waals surface area contributed by atoms with Crippen molar-refractivity contribution in [2.24, 2.45) is 5.92 Å². The number of hydrogen-bond donors (Lipinski definition) is 0. The van der Waals surface area contributed by atoms with E-state index in [2.05, 4.69) is 18.9 Å². The molecule has 0 heterocycles. The molecule has 1 aromatic rings. The summed E-state index contributed by atoms with van der Waals surface area (Å²) in [4.78, 5) is 2.29. The second-order valence-electron chi connectivity index (χ2n) is 4.84. The van der Waals surface area contributed by atoms with Crippen LogP contribution in [-0.4, -0.2) is 31.1 Å². The van der Waals surface area contributed by atoms with Gasteiger partial charge in [0.2, 0.25) is 0 Å². The summed E-state index contributed by atoms with van der Waals surface area (Å²) in [5.41, 5.74) is 0. The van der Waals surface area contributed by atoms with Crippen molar-refractivity contribution in [3.8, 4) is 5.75 Å². The van der Waals surface area contributed by atoms with Gasteiger partial charge in [0.25, 0.3) is 0 Å². The van der Waals surface area contributed by atoms with Gasteiger partial charge in [-0.3, -0.25) is 0 Å². The molecule has 0 aromatic heterocycles. The zero-order valence-corrected chi connectivity index (χ0v) is 10.5. The molecule has 0 spiro atoms. The number of benzene rings is 1. The van der Waals surface area contributed by atoms with E-state index in [0.717, 1.165) is 12.5 Å². The van der Waals surface area contributed by atoms with Crippen molar-refractivity contribution < 1.29 is 9.13 Å². The monoisotopic (exact) mass is 237 g/mol. The first-order valence-corrected chi connectivity index (χ1v) is 6.26. The van der Waals surface area contributed by atoms with Gasteiger partial charge in [0.1, 0.15) is 6.61 Å². The molecule has 2 rings (SSSR count). The molecule has 1 unspecified atom stereocenters. The fourth-order valence-corrected chi connectivity index (χ4v) is 2.00. The number of likely N-dealkylation sites (N-methyl/N-ethyl adjacent to an activating group) is 1. The Hall–Kier alpha value is -1.09. The lowest BCUT2D eigenvalue weighted by Crippen LogP contribution is -2.34. The highest BCUT2D eigenvalue weighted by Crippen LogP contribution is 2.34. The van der Waals surface area contributed by atoms with Crippen molar-refractivity contribution >= 4 is 0 Å². The molecule has 2 nitrogen and oxygen atoms in total. The van der Waals surface area contributed by atoms with Crippen LogP contribution in [0.3, 0.4) is 0 Å². The van der Waals surface area contributed by atoms with Gasteiger partial charge in [0.05, 0.1) is 0 Å². The molecule has 1 aromatic carbocycles. The van der Waals surface area contributed by atoms with Gasteiger partial charge < -0.3 is 9.64 Å². The van der Waals surface area contributed by atoms with E-state index >= 15 is 0 Å². The van der Waals surface area contributed by atoms with E-state index in [4.69, 9.17) is 4.74 Å². The van der Waals surface area contributed by atoms with Crippen molar-refractivity contribution in [2.75, 3.05) is 20.2 Å². The van der Waals surface area contributed by atoms with E-state index in [1.165, 1.54) is 18.9 Å². The van der Waals surface area contributed by atoms with Crippen LogP contribution in [0.5, 0.6) is 5.75 Å². The summed E-state index contributed by atoms with van der Waals surface area (Å²) < 4.78 is 18.7. The summed E-state index contributed by atoms with van der Waals surface area (Å²) in [7, 11) is 2.10. The SMILES string of the molecule is CC(C1CC1)N(C)CCOc1ccccc1F. The normalized spacial score (nSPS) is 17.2. The standard InChI is InChI=1S/C14H20FNO/c1-11(12-7-8-12)16(2)9-10-17-14-6-4-3-5-13(14)15/h3-6,11-12H,7-10H2,1-2H3. The van der Waals surface area contributed by atoms with Crippen LogP contribution in [0, 0.1) is 11.7 Å². The van der Waals surface area contributed by atoms with Gasteiger partial charge in [-0.2, -0.15) is 0 Å². The van der Waals surface area contributed by atoms with E-state index in [9.17, 15) is 4.39 Å². The molecule has 3 heteroatoms. The third-order valence-electron chi connectivity index (χ3n) is 3.54. The zero-order valence-electron chi connectivity index (χ0n) is 10.5. The molecule has 0 bridgehead atoms. The maximum Gasteiger partial charge on any atom is 0.165 e. The predicted octanol–water partition coefficient (Wildman–Crippen LogP) is 2.93.